The molecule has 1 N–H and O–H groups in total. The van der Waals surface area contributed by atoms with Crippen molar-refractivity contribution in [1.82, 2.24) is 19.9 Å². The van der Waals surface area contributed by atoms with Crippen molar-refractivity contribution >= 4 is 33.4 Å². The van der Waals surface area contributed by atoms with Crippen LogP contribution in [0.2, 0.25) is 0 Å². The third-order valence-electron chi connectivity index (χ3n) is 4.55. The van der Waals surface area contributed by atoms with Crippen molar-refractivity contribution in [2.75, 3.05) is 25.5 Å². The van der Waals surface area contributed by atoms with Gasteiger partial charge in [-0.05, 0) is 30.0 Å². The molecule has 27 heavy (non-hydrogen) atoms. The quantitative estimate of drug-likeness (QED) is 0.725. The number of anilines is 1. The van der Waals surface area contributed by atoms with Crippen molar-refractivity contribution in [3.05, 3.63) is 47.0 Å². The number of hydrogen-bond donors (Lipinski definition) is 1. The number of aromatic nitrogens is 3. The lowest BCUT2D eigenvalue weighted by Gasteiger charge is -2.37. The van der Waals surface area contributed by atoms with E-state index in [-0.39, 0.29) is 18.1 Å². The second kappa shape index (κ2) is 7.16. The first-order valence-electron chi connectivity index (χ1n) is 8.49. The monoisotopic (exact) mass is 387 g/mol. The summed E-state index contributed by atoms with van der Waals surface area (Å²) in [6.07, 6.45) is 2.81. The molecule has 0 saturated carbocycles. The summed E-state index contributed by atoms with van der Waals surface area (Å²) >= 11 is 1.44. The van der Waals surface area contributed by atoms with Crippen molar-refractivity contribution in [2.24, 2.45) is 0 Å². The Bertz CT molecular complexity index is 989. The Morgan fingerprint density at radius 1 is 1.41 bits per heavy atom. The van der Waals surface area contributed by atoms with Crippen LogP contribution >= 0.6 is 11.3 Å². The zero-order valence-corrected chi connectivity index (χ0v) is 15.7. The molecule has 0 aromatic carbocycles. The van der Waals surface area contributed by atoms with Gasteiger partial charge in [-0.25, -0.2) is 14.4 Å². The summed E-state index contributed by atoms with van der Waals surface area (Å²) < 4.78 is 19.4. The van der Waals surface area contributed by atoms with Crippen LogP contribution in [0.15, 0.2) is 29.9 Å². The SMILES string of the molecule is COC1CN(C(=O)c2nc(N[C@@H](C)c3cncc(F)c3)nc3ccsc23)C1. The number of rotatable bonds is 5. The van der Waals surface area contributed by atoms with E-state index >= 15 is 0 Å². The van der Waals surface area contributed by atoms with Crippen molar-refractivity contribution < 1.29 is 13.9 Å². The van der Waals surface area contributed by atoms with Gasteiger partial charge >= 0.3 is 0 Å². The Labute approximate surface area is 159 Å². The lowest BCUT2D eigenvalue weighted by Crippen LogP contribution is -2.54. The lowest BCUT2D eigenvalue weighted by atomic mass is 10.1. The van der Waals surface area contributed by atoms with E-state index in [1.165, 1.54) is 17.4 Å². The smallest absolute Gasteiger partial charge is 0.274 e. The number of carbonyl (C=O) groups excluding carboxylic acids is 1. The lowest BCUT2D eigenvalue weighted by molar-refractivity contribution is -0.0193. The van der Waals surface area contributed by atoms with Gasteiger partial charge in [0.05, 0.1) is 28.6 Å². The Kier molecular flexibility index (Phi) is 4.71. The number of nitrogens with zero attached hydrogens (tertiary/aromatic N) is 4. The molecule has 7 nitrogen and oxygen atoms in total. The Hall–Kier alpha value is -2.65. The summed E-state index contributed by atoms with van der Waals surface area (Å²) in [4.78, 5) is 27.4. The number of methoxy groups -OCH3 is 1. The maximum absolute atomic E-state index is 13.4. The standard InChI is InChI=1S/C18H18FN5O2S/c1-10(11-5-12(19)7-20-6-11)21-18-22-14-3-4-27-16(14)15(23-18)17(25)24-8-13(9-24)26-2/h3-7,10,13H,8-9H2,1-2H3,(H,21,22,23)/t10-/m0/s1. The Morgan fingerprint density at radius 2 is 2.22 bits per heavy atom. The number of thiophene rings is 1. The first-order valence-corrected chi connectivity index (χ1v) is 9.37. The minimum atomic E-state index is -0.406. The molecule has 9 heteroatoms. The zero-order valence-electron chi connectivity index (χ0n) is 14.8. The molecular formula is C18H18FN5O2S. The summed E-state index contributed by atoms with van der Waals surface area (Å²) in [5, 5.41) is 5.02. The van der Waals surface area contributed by atoms with Gasteiger partial charge in [0.2, 0.25) is 5.95 Å². The van der Waals surface area contributed by atoms with Crippen LogP contribution in [-0.4, -0.2) is 52.1 Å². The van der Waals surface area contributed by atoms with E-state index in [9.17, 15) is 9.18 Å². The number of pyridine rings is 1. The van der Waals surface area contributed by atoms with Crippen LogP contribution in [0, 0.1) is 5.82 Å². The highest BCUT2D eigenvalue weighted by Crippen LogP contribution is 2.27. The van der Waals surface area contributed by atoms with E-state index in [2.05, 4.69) is 20.3 Å². The number of fused-ring (bicyclic) bond motifs is 1. The fraction of sp³-hybridized carbons (Fsp3) is 0.333. The highest BCUT2D eigenvalue weighted by molar-refractivity contribution is 7.17. The van der Waals surface area contributed by atoms with Crippen LogP contribution in [0.5, 0.6) is 0 Å². The predicted octanol–water partition coefficient (Wildman–Crippen LogP) is 2.87. The zero-order chi connectivity index (χ0) is 19.0. The molecule has 1 aliphatic rings. The highest BCUT2D eigenvalue weighted by atomic mass is 32.1. The topological polar surface area (TPSA) is 80.2 Å². The van der Waals surface area contributed by atoms with Crippen LogP contribution in [0.4, 0.5) is 10.3 Å². The molecule has 0 aliphatic carbocycles. The highest BCUT2D eigenvalue weighted by Gasteiger charge is 2.33. The Morgan fingerprint density at radius 3 is 2.96 bits per heavy atom. The molecule has 0 spiro atoms. The summed E-state index contributed by atoms with van der Waals surface area (Å²) in [6.45, 7) is 2.97. The molecule has 4 rings (SSSR count). The van der Waals surface area contributed by atoms with E-state index in [0.717, 1.165) is 10.9 Å². The maximum Gasteiger partial charge on any atom is 0.274 e. The van der Waals surface area contributed by atoms with E-state index in [0.29, 0.717) is 35.8 Å². The first kappa shape index (κ1) is 17.7. The molecule has 3 aromatic rings. The molecule has 4 heterocycles. The second-order valence-corrected chi connectivity index (χ2v) is 7.32. The number of amides is 1. The van der Waals surface area contributed by atoms with Crippen molar-refractivity contribution in [3.8, 4) is 0 Å². The normalized spacial score (nSPS) is 15.6. The largest absolute Gasteiger partial charge is 0.378 e. The van der Waals surface area contributed by atoms with Gasteiger partial charge in [0, 0.05) is 26.4 Å². The van der Waals surface area contributed by atoms with E-state index in [1.54, 1.807) is 18.2 Å². The first-order chi connectivity index (χ1) is 13.0. The number of hydrogen-bond acceptors (Lipinski definition) is 7. The van der Waals surface area contributed by atoms with Gasteiger partial charge < -0.3 is 15.0 Å². The fourth-order valence-corrected chi connectivity index (χ4v) is 3.73. The summed E-state index contributed by atoms with van der Waals surface area (Å²) in [5.41, 5.74) is 1.74. The molecule has 3 aromatic heterocycles. The average Bonchev–Trinajstić information content (AvgIpc) is 3.08. The van der Waals surface area contributed by atoms with Crippen LogP contribution < -0.4 is 5.32 Å². The van der Waals surface area contributed by atoms with E-state index in [1.807, 2.05) is 18.4 Å². The summed E-state index contributed by atoms with van der Waals surface area (Å²) in [7, 11) is 1.64. The maximum atomic E-state index is 13.4. The van der Waals surface area contributed by atoms with Gasteiger partial charge in [-0.1, -0.05) is 0 Å². The van der Waals surface area contributed by atoms with Crippen LogP contribution in [0.3, 0.4) is 0 Å². The van der Waals surface area contributed by atoms with Crippen molar-refractivity contribution in [1.29, 1.82) is 0 Å². The van der Waals surface area contributed by atoms with Gasteiger partial charge in [-0.3, -0.25) is 9.78 Å². The molecule has 1 aliphatic heterocycles. The van der Waals surface area contributed by atoms with Gasteiger partial charge in [0.25, 0.3) is 5.91 Å². The molecule has 1 atom stereocenters. The molecule has 1 saturated heterocycles. The summed E-state index contributed by atoms with van der Waals surface area (Å²) in [5.74, 6) is -0.220. The number of likely N-dealkylation sites (tertiary alicyclic amines) is 1. The van der Waals surface area contributed by atoms with Crippen molar-refractivity contribution in [3.63, 3.8) is 0 Å². The number of halogens is 1. The third kappa shape index (κ3) is 3.47. The van der Waals surface area contributed by atoms with Crippen LogP contribution in [-0.2, 0) is 4.74 Å². The van der Waals surface area contributed by atoms with Gasteiger partial charge in [-0.15, -0.1) is 11.3 Å². The molecule has 0 bridgehead atoms. The number of ether oxygens (including phenoxy) is 1. The van der Waals surface area contributed by atoms with E-state index < -0.39 is 5.82 Å². The van der Waals surface area contributed by atoms with E-state index in [4.69, 9.17) is 4.74 Å². The fourth-order valence-electron chi connectivity index (χ4n) is 2.92. The van der Waals surface area contributed by atoms with Crippen LogP contribution in [0.25, 0.3) is 10.2 Å². The van der Waals surface area contributed by atoms with Gasteiger partial charge in [0.15, 0.2) is 5.69 Å². The average molecular weight is 387 g/mol. The molecule has 1 fully saturated rings. The molecule has 140 valence electrons. The predicted molar refractivity (Wildman–Crippen MR) is 100 cm³/mol. The van der Waals surface area contributed by atoms with Crippen LogP contribution in [0.1, 0.15) is 29.0 Å². The number of nitrogens with one attached hydrogen (secondary N) is 1. The number of carbonyl (C=O) groups is 1. The van der Waals surface area contributed by atoms with Gasteiger partial charge in [-0.2, -0.15) is 0 Å². The summed E-state index contributed by atoms with van der Waals surface area (Å²) in [6, 6.07) is 2.99. The minimum Gasteiger partial charge on any atom is -0.378 e. The molecule has 1 amide bonds. The van der Waals surface area contributed by atoms with Crippen molar-refractivity contribution in [2.45, 2.75) is 19.1 Å². The molecule has 0 radical (unpaired) electrons. The third-order valence-corrected chi connectivity index (χ3v) is 5.46. The minimum absolute atomic E-state index is 0.0766. The second-order valence-electron chi connectivity index (χ2n) is 6.40. The Balaban J connectivity index is 1.61. The molecule has 0 unspecified atom stereocenters. The van der Waals surface area contributed by atoms with Gasteiger partial charge in [0.1, 0.15) is 5.82 Å². The molecular weight excluding hydrogens is 369 g/mol.